The van der Waals surface area contributed by atoms with Crippen molar-refractivity contribution in [3.8, 4) is 0 Å². The number of benzene rings is 1. The lowest BCUT2D eigenvalue weighted by atomic mass is 9.46. The number of carbonyl (C=O) groups is 3. The number of Topliss-reactive ketones (excluding diaryl/α,β-unsaturated/α-hetero) is 1. The summed E-state index contributed by atoms with van der Waals surface area (Å²) < 4.78 is 40.8. The maximum atomic E-state index is 14.3. The average molecular weight is 534 g/mol. The number of piperidine rings is 2. The van der Waals surface area contributed by atoms with Crippen LogP contribution >= 0.6 is 0 Å². The summed E-state index contributed by atoms with van der Waals surface area (Å²) >= 11 is 0. The number of hydrogen-bond donors (Lipinski definition) is 0. The fraction of sp³-hybridized carbons (Fsp3) is 0.577. The summed E-state index contributed by atoms with van der Waals surface area (Å²) in [6.07, 6.45) is 0.325. The number of ketones is 1. The van der Waals surface area contributed by atoms with Crippen LogP contribution in [0.3, 0.4) is 0 Å². The van der Waals surface area contributed by atoms with Crippen LogP contribution in [0.5, 0.6) is 0 Å². The summed E-state index contributed by atoms with van der Waals surface area (Å²) in [5, 5.41) is 0. The van der Waals surface area contributed by atoms with Gasteiger partial charge in [-0.25, -0.2) is 12.7 Å². The Kier molecular flexibility index (Phi) is 6.41. The second kappa shape index (κ2) is 8.63. The van der Waals surface area contributed by atoms with E-state index in [0.29, 0.717) is 5.57 Å². The Balaban J connectivity index is 1.99. The fourth-order valence-corrected chi connectivity index (χ4v) is 9.77. The van der Waals surface area contributed by atoms with Crippen molar-refractivity contribution in [1.82, 2.24) is 4.31 Å². The molecule has 0 N–H and O–H groups in total. The van der Waals surface area contributed by atoms with Crippen LogP contribution in [-0.2, 0) is 33.6 Å². The minimum Gasteiger partial charge on any atom is -0.469 e. The molecule has 0 radical (unpaired) electrons. The highest BCUT2D eigenvalue weighted by Crippen LogP contribution is 2.64. The summed E-state index contributed by atoms with van der Waals surface area (Å²) in [5.74, 6) is -3.09. The number of carbonyl (C=O) groups excluding carboxylic acids is 3. The number of amides is 1. The van der Waals surface area contributed by atoms with Gasteiger partial charge < -0.3 is 9.16 Å². The van der Waals surface area contributed by atoms with E-state index in [1.165, 1.54) is 19.2 Å². The molecule has 2 aliphatic heterocycles. The topological polar surface area (TPSA) is 107 Å². The highest BCUT2D eigenvalue weighted by atomic mass is 32.2. The summed E-state index contributed by atoms with van der Waals surface area (Å²) in [5.41, 5.74) is -1.04. The lowest BCUT2D eigenvalue weighted by Gasteiger charge is -2.66. The predicted octanol–water partition coefficient (Wildman–Crippen LogP) is 3.61. The van der Waals surface area contributed by atoms with Crippen LogP contribution < -0.4 is 0 Å². The highest BCUT2D eigenvalue weighted by molar-refractivity contribution is 7.89. The van der Waals surface area contributed by atoms with Crippen molar-refractivity contribution in [3.05, 3.63) is 42.0 Å². The third kappa shape index (κ3) is 3.80. The van der Waals surface area contributed by atoms with Gasteiger partial charge in [-0.1, -0.05) is 24.3 Å². The fourth-order valence-electron chi connectivity index (χ4n) is 6.63. The Morgan fingerprint density at radius 3 is 2.31 bits per heavy atom. The van der Waals surface area contributed by atoms with Gasteiger partial charge in [-0.05, 0) is 63.5 Å². The Morgan fingerprint density at radius 1 is 1.17 bits per heavy atom. The second-order valence-corrected chi connectivity index (χ2v) is 17.7. The molecule has 196 valence electrons. The van der Waals surface area contributed by atoms with Crippen molar-refractivity contribution in [2.45, 2.75) is 75.7 Å². The lowest BCUT2D eigenvalue weighted by Crippen LogP contribution is -2.78. The monoisotopic (exact) mass is 533 g/mol. The Hall–Kier alpha value is -2.30. The third-order valence-corrected chi connectivity index (χ3v) is 10.8. The maximum absolute atomic E-state index is 14.3. The van der Waals surface area contributed by atoms with E-state index in [2.05, 4.69) is 6.58 Å². The number of fused-ring (bicyclic) bond motifs is 2. The smallest absolute Gasteiger partial charge is 0.314 e. The van der Waals surface area contributed by atoms with Gasteiger partial charge in [-0.2, -0.15) is 0 Å². The zero-order valence-electron chi connectivity index (χ0n) is 21.8. The van der Waals surface area contributed by atoms with E-state index in [-0.39, 0.29) is 36.4 Å². The normalized spacial score (nSPS) is 32.3. The minimum atomic E-state index is -4.31. The van der Waals surface area contributed by atoms with Crippen molar-refractivity contribution in [2.24, 2.45) is 17.3 Å². The number of methoxy groups -OCH3 is 1. The van der Waals surface area contributed by atoms with Crippen LogP contribution in [0.1, 0.15) is 38.2 Å². The van der Waals surface area contributed by atoms with Crippen molar-refractivity contribution < 1.29 is 32.0 Å². The molecule has 1 aromatic carbocycles. The molecule has 2 saturated carbocycles. The molecule has 1 aromatic rings. The first-order valence-corrected chi connectivity index (χ1v) is 17.1. The van der Waals surface area contributed by atoms with E-state index in [9.17, 15) is 22.8 Å². The minimum absolute atomic E-state index is 0.00941. The van der Waals surface area contributed by atoms with E-state index >= 15 is 0 Å². The molecule has 5 rings (SSSR count). The zero-order valence-corrected chi connectivity index (χ0v) is 23.6. The molecule has 2 saturated heterocycles. The van der Waals surface area contributed by atoms with Crippen LogP contribution in [-0.4, -0.2) is 57.5 Å². The van der Waals surface area contributed by atoms with Gasteiger partial charge in [0, 0.05) is 19.3 Å². The van der Waals surface area contributed by atoms with E-state index in [1.54, 1.807) is 19.1 Å². The summed E-state index contributed by atoms with van der Waals surface area (Å²) in [7, 11) is -5.34. The highest BCUT2D eigenvalue weighted by Gasteiger charge is 2.75. The van der Waals surface area contributed by atoms with Gasteiger partial charge in [0.25, 0.3) is 10.0 Å². The quantitative estimate of drug-likeness (QED) is 0.312. The van der Waals surface area contributed by atoms with E-state index in [4.69, 9.17) is 9.16 Å². The molecule has 0 aromatic heterocycles. The van der Waals surface area contributed by atoms with Gasteiger partial charge >= 0.3 is 5.97 Å². The molecule has 10 heteroatoms. The standard InChI is InChI=1S/C26H35NO7SSi/c1-16(2)26(34-36(5,6)7)15-21-25(24(30)33-4)13-12-18(28)14-20(25)22(26)23(29)27(21)35(31,32)19-10-8-17(3)9-11-19/h8-11,20-22H,1,12-15H2,2-7H3/t20-,21+,22-,25+,26?/m0/s1. The molecule has 1 amide bonds. The number of nitrogens with zero attached hydrogens (tertiary/aromatic N) is 1. The number of ether oxygens (including phenoxy) is 1. The molecule has 4 fully saturated rings. The van der Waals surface area contributed by atoms with Gasteiger partial charge in [0.2, 0.25) is 5.91 Å². The van der Waals surface area contributed by atoms with Gasteiger partial charge in [-0.3, -0.25) is 14.4 Å². The first kappa shape index (κ1) is 26.8. The van der Waals surface area contributed by atoms with Gasteiger partial charge in [0.1, 0.15) is 5.78 Å². The molecule has 2 aliphatic carbocycles. The molecule has 2 heterocycles. The van der Waals surface area contributed by atoms with Crippen LogP contribution in [0, 0.1) is 24.2 Å². The van der Waals surface area contributed by atoms with Crippen molar-refractivity contribution >= 4 is 36.0 Å². The number of rotatable bonds is 6. The van der Waals surface area contributed by atoms with E-state index < -0.39 is 59.1 Å². The Labute approximate surface area is 214 Å². The molecule has 8 nitrogen and oxygen atoms in total. The van der Waals surface area contributed by atoms with Gasteiger partial charge in [0.15, 0.2) is 8.32 Å². The predicted molar refractivity (Wildman–Crippen MR) is 136 cm³/mol. The molecular formula is C26H35NO7SSi. The third-order valence-electron chi connectivity index (χ3n) is 8.04. The molecule has 2 bridgehead atoms. The summed E-state index contributed by atoms with van der Waals surface area (Å²) in [4.78, 5) is 40.5. The first-order valence-electron chi connectivity index (χ1n) is 12.2. The van der Waals surface area contributed by atoms with Crippen LogP contribution in [0.4, 0.5) is 0 Å². The Bertz CT molecular complexity index is 1240. The lowest BCUT2D eigenvalue weighted by molar-refractivity contribution is -0.208. The zero-order chi connectivity index (χ0) is 26.8. The van der Waals surface area contributed by atoms with Crippen molar-refractivity contribution in [1.29, 1.82) is 0 Å². The number of aryl methyl sites for hydroxylation is 1. The van der Waals surface area contributed by atoms with Crippen molar-refractivity contribution in [3.63, 3.8) is 0 Å². The molecule has 1 unspecified atom stereocenters. The second-order valence-electron chi connectivity index (χ2n) is 11.4. The summed E-state index contributed by atoms with van der Waals surface area (Å²) in [6.45, 7) is 13.8. The molecule has 4 aliphatic rings. The summed E-state index contributed by atoms with van der Waals surface area (Å²) in [6, 6.07) is 5.21. The molecular weight excluding hydrogens is 498 g/mol. The molecule has 0 spiro atoms. The largest absolute Gasteiger partial charge is 0.469 e. The van der Waals surface area contributed by atoms with Crippen molar-refractivity contribution in [2.75, 3.05) is 7.11 Å². The number of sulfonamides is 1. The first-order chi connectivity index (χ1) is 16.6. The molecule has 5 atom stereocenters. The van der Waals surface area contributed by atoms with E-state index in [1.807, 2.05) is 26.6 Å². The SMILES string of the molecule is C=C(C)C1(O[Si](C)(C)C)C[C@H]2N(S(=O)(=O)c3ccc(C)cc3)C(=O)[C@@H]1[C@@H]1CC(=O)CC[C@@]12C(=O)OC. The van der Waals surface area contributed by atoms with Crippen LogP contribution in [0.2, 0.25) is 19.6 Å². The van der Waals surface area contributed by atoms with Gasteiger partial charge in [0.05, 0.1) is 35.0 Å². The maximum Gasteiger partial charge on any atom is 0.314 e. The average Bonchev–Trinajstić information content (AvgIpc) is 2.77. The van der Waals surface area contributed by atoms with Crippen LogP contribution in [0.25, 0.3) is 0 Å². The van der Waals surface area contributed by atoms with Crippen LogP contribution in [0.15, 0.2) is 41.3 Å². The van der Waals surface area contributed by atoms with E-state index in [0.717, 1.165) is 9.87 Å². The molecule has 36 heavy (non-hydrogen) atoms. The number of esters is 1. The number of hydrogen-bond acceptors (Lipinski definition) is 7. The Morgan fingerprint density at radius 2 is 1.78 bits per heavy atom. The van der Waals surface area contributed by atoms with Gasteiger partial charge in [-0.15, -0.1) is 0 Å².